The van der Waals surface area contributed by atoms with Crippen LogP contribution in [0.3, 0.4) is 0 Å². The first-order chi connectivity index (χ1) is 5.73. The summed E-state index contributed by atoms with van der Waals surface area (Å²) in [5, 5.41) is 9.75. The van der Waals surface area contributed by atoms with Crippen molar-refractivity contribution >= 4 is 17.7 Å². The first-order valence-corrected chi connectivity index (χ1v) is 5.63. The van der Waals surface area contributed by atoms with Crippen LogP contribution in [-0.2, 0) is 4.79 Å². The minimum absolute atomic E-state index is 0.290. The molecule has 2 nitrogen and oxygen atoms in total. The van der Waals surface area contributed by atoms with Crippen LogP contribution in [0.5, 0.6) is 0 Å². The predicted octanol–water partition coefficient (Wildman–Crippen LogP) is 2.14. The molecule has 3 heteroatoms. The van der Waals surface area contributed by atoms with Gasteiger partial charge in [-0.25, -0.2) is 0 Å². The summed E-state index contributed by atoms with van der Waals surface area (Å²) in [4.78, 5) is 10.8. The number of thioether (sulfide) groups is 1. The number of hydrogen-bond donors (Lipinski definition) is 1. The Labute approximate surface area is 76.7 Å². The van der Waals surface area contributed by atoms with Gasteiger partial charge in [0.15, 0.2) is 0 Å². The highest BCUT2D eigenvalue weighted by Gasteiger charge is 2.49. The van der Waals surface area contributed by atoms with Crippen LogP contribution in [0, 0.1) is 5.41 Å². The molecule has 0 amide bonds. The fourth-order valence-electron chi connectivity index (χ4n) is 1.38. The molecule has 0 aliphatic heterocycles. The summed E-state index contributed by atoms with van der Waals surface area (Å²) in [6.45, 7) is 0. The maximum absolute atomic E-state index is 10.8. The number of carbonyl (C=O) groups is 1. The second-order valence-corrected chi connectivity index (χ2v) is 5.31. The van der Waals surface area contributed by atoms with E-state index in [1.54, 1.807) is 0 Å². The van der Waals surface area contributed by atoms with E-state index >= 15 is 0 Å². The Morgan fingerprint density at radius 1 is 1.50 bits per heavy atom. The van der Waals surface area contributed by atoms with Gasteiger partial charge in [0.1, 0.15) is 0 Å². The van der Waals surface area contributed by atoms with Crippen molar-refractivity contribution in [2.75, 3.05) is 5.75 Å². The SMILES string of the molecule is O=C(O)C1(CCSC2CC2)CC1. The van der Waals surface area contributed by atoms with E-state index in [1.807, 2.05) is 11.8 Å². The van der Waals surface area contributed by atoms with Crippen LogP contribution in [0.25, 0.3) is 0 Å². The highest BCUT2D eigenvalue weighted by Crippen LogP contribution is 2.50. The summed E-state index contributed by atoms with van der Waals surface area (Å²) in [5.74, 6) is 0.482. The van der Waals surface area contributed by atoms with Crippen LogP contribution in [0.4, 0.5) is 0 Å². The molecule has 0 saturated heterocycles. The quantitative estimate of drug-likeness (QED) is 0.714. The smallest absolute Gasteiger partial charge is 0.309 e. The molecular weight excluding hydrogens is 172 g/mol. The normalized spacial score (nSPS) is 25.3. The Balaban J connectivity index is 1.67. The van der Waals surface area contributed by atoms with Gasteiger partial charge < -0.3 is 5.11 Å². The summed E-state index contributed by atoms with van der Waals surface area (Å²) in [5.41, 5.74) is -0.290. The van der Waals surface area contributed by atoms with E-state index in [-0.39, 0.29) is 5.41 Å². The summed E-state index contributed by atoms with van der Waals surface area (Å²) in [6, 6.07) is 0. The fraction of sp³-hybridized carbons (Fsp3) is 0.889. The number of carboxylic acids is 1. The molecule has 0 bridgehead atoms. The van der Waals surface area contributed by atoms with Crippen molar-refractivity contribution < 1.29 is 9.90 Å². The highest BCUT2D eigenvalue weighted by molar-refractivity contribution is 8.00. The van der Waals surface area contributed by atoms with Gasteiger partial charge in [0.05, 0.1) is 5.41 Å². The van der Waals surface area contributed by atoms with Gasteiger partial charge in [0, 0.05) is 5.25 Å². The van der Waals surface area contributed by atoms with Crippen LogP contribution in [-0.4, -0.2) is 22.1 Å². The molecule has 2 rings (SSSR count). The van der Waals surface area contributed by atoms with Crippen LogP contribution < -0.4 is 0 Å². The van der Waals surface area contributed by atoms with Gasteiger partial charge in [-0.05, 0) is 37.9 Å². The molecule has 2 aliphatic carbocycles. The lowest BCUT2D eigenvalue weighted by atomic mass is 10.1. The van der Waals surface area contributed by atoms with E-state index in [0.29, 0.717) is 0 Å². The lowest BCUT2D eigenvalue weighted by molar-refractivity contribution is -0.143. The summed E-state index contributed by atoms with van der Waals surface area (Å²) >= 11 is 1.96. The van der Waals surface area contributed by atoms with E-state index in [9.17, 15) is 4.79 Å². The van der Waals surface area contributed by atoms with Crippen molar-refractivity contribution in [1.82, 2.24) is 0 Å². The number of rotatable bonds is 5. The van der Waals surface area contributed by atoms with Crippen molar-refractivity contribution in [2.45, 2.75) is 37.4 Å². The second kappa shape index (κ2) is 2.95. The molecular formula is C9H14O2S. The molecule has 1 N–H and O–H groups in total. The average molecular weight is 186 g/mol. The van der Waals surface area contributed by atoms with Crippen molar-refractivity contribution in [3.05, 3.63) is 0 Å². The number of aliphatic carboxylic acids is 1. The molecule has 0 spiro atoms. The van der Waals surface area contributed by atoms with Gasteiger partial charge in [0.2, 0.25) is 0 Å². The number of hydrogen-bond acceptors (Lipinski definition) is 2. The molecule has 0 aromatic heterocycles. The topological polar surface area (TPSA) is 37.3 Å². The van der Waals surface area contributed by atoms with Crippen molar-refractivity contribution in [2.24, 2.45) is 5.41 Å². The van der Waals surface area contributed by atoms with E-state index < -0.39 is 5.97 Å². The minimum Gasteiger partial charge on any atom is -0.481 e. The molecule has 0 aromatic carbocycles. The minimum atomic E-state index is -0.570. The van der Waals surface area contributed by atoms with Crippen molar-refractivity contribution in [3.8, 4) is 0 Å². The largest absolute Gasteiger partial charge is 0.481 e. The van der Waals surface area contributed by atoms with E-state index in [4.69, 9.17) is 5.11 Å². The monoisotopic (exact) mass is 186 g/mol. The lowest BCUT2D eigenvalue weighted by Gasteiger charge is -2.07. The van der Waals surface area contributed by atoms with Gasteiger partial charge in [-0.15, -0.1) is 0 Å². The van der Waals surface area contributed by atoms with Crippen LogP contribution in [0.15, 0.2) is 0 Å². The third kappa shape index (κ3) is 1.76. The molecule has 0 aromatic rings. The van der Waals surface area contributed by atoms with Crippen LogP contribution in [0.1, 0.15) is 32.1 Å². The van der Waals surface area contributed by atoms with Gasteiger partial charge in [0.25, 0.3) is 0 Å². The molecule has 2 saturated carbocycles. The highest BCUT2D eigenvalue weighted by atomic mass is 32.2. The zero-order valence-electron chi connectivity index (χ0n) is 7.08. The van der Waals surface area contributed by atoms with Gasteiger partial charge in [-0.1, -0.05) is 0 Å². The molecule has 2 fully saturated rings. The zero-order chi connectivity index (χ0) is 8.60. The Bertz CT molecular complexity index is 195. The molecule has 0 heterocycles. The van der Waals surface area contributed by atoms with Gasteiger partial charge in [-0.3, -0.25) is 4.79 Å². The molecule has 2 aliphatic rings. The standard InChI is InChI=1S/C9H14O2S/c10-8(11)9(3-4-9)5-6-12-7-1-2-7/h7H,1-6H2,(H,10,11). The third-order valence-electron chi connectivity index (χ3n) is 2.77. The first kappa shape index (κ1) is 8.42. The lowest BCUT2D eigenvalue weighted by Crippen LogP contribution is -2.15. The summed E-state index contributed by atoms with van der Waals surface area (Å²) < 4.78 is 0. The van der Waals surface area contributed by atoms with Crippen LogP contribution >= 0.6 is 11.8 Å². The van der Waals surface area contributed by atoms with E-state index in [2.05, 4.69) is 0 Å². The van der Waals surface area contributed by atoms with Crippen molar-refractivity contribution in [1.29, 1.82) is 0 Å². The number of carboxylic acid groups (broad SMARTS) is 1. The average Bonchev–Trinajstić information content (AvgIpc) is 2.79. The van der Waals surface area contributed by atoms with E-state index in [1.165, 1.54) is 12.8 Å². The van der Waals surface area contributed by atoms with E-state index in [0.717, 1.165) is 30.3 Å². The summed E-state index contributed by atoms with van der Waals surface area (Å²) in [6.07, 6.45) is 5.42. The van der Waals surface area contributed by atoms with Gasteiger partial charge >= 0.3 is 5.97 Å². The maximum Gasteiger partial charge on any atom is 0.309 e. The Morgan fingerprint density at radius 2 is 2.17 bits per heavy atom. The molecule has 12 heavy (non-hydrogen) atoms. The first-order valence-electron chi connectivity index (χ1n) is 4.58. The Kier molecular flexibility index (Phi) is 2.07. The van der Waals surface area contributed by atoms with Crippen LogP contribution in [0.2, 0.25) is 0 Å². The molecule has 0 atom stereocenters. The predicted molar refractivity (Wildman–Crippen MR) is 49.4 cm³/mol. The summed E-state index contributed by atoms with van der Waals surface area (Å²) in [7, 11) is 0. The third-order valence-corrected chi connectivity index (χ3v) is 4.15. The molecule has 68 valence electrons. The zero-order valence-corrected chi connectivity index (χ0v) is 7.90. The second-order valence-electron chi connectivity index (χ2n) is 3.91. The Hall–Kier alpha value is -0.180. The van der Waals surface area contributed by atoms with Crippen molar-refractivity contribution in [3.63, 3.8) is 0 Å². The maximum atomic E-state index is 10.8. The molecule has 0 unspecified atom stereocenters. The fourth-order valence-corrected chi connectivity index (χ4v) is 2.69. The van der Waals surface area contributed by atoms with Gasteiger partial charge in [-0.2, -0.15) is 11.8 Å². The molecule has 0 radical (unpaired) electrons. The Morgan fingerprint density at radius 3 is 2.58 bits per heavy atom.